The molecule has 0 aromatic carbocycles. The molecule has 104 valence electrons. The van der Waals surface area contributed by atoms with Crippen molar-refractivity contribution in [3.8, 4) is 0 Å². The fourth-order valence-electron chi connectivity index (χ4n) is 2.73. The first-order valence-electron chi connectivity index (χ1n) is 6.42. The van der Waals surface area contributed by atoms with Crippen LogP contribution in [0.25, 0.3) is 0 Å². The van der Waals surface area contributed by atoms with Crippen molar-refractivity contribution in [1.29, 1.82) is 0 Å². The zero-order valence-corrected chi connectivity index (χ0v) is 11.9. The summed E-state index contributed by atoms with van der Waals surface area (Å²) in [5.41, 5.74) is 5.45. The Labute approximate surface area is 115 Å². The highest BCUT2D eigenvalue weighted by Crippen LogP contribution is 2.27. The minimum absolute atomic E-state index is 0. The summed E-state index contributed by atoms with van der Waals surface area (Å²) >= 11 is 0. The van der Waals surface area contributed by atoms with Gasteiger partial charge in [-0.1, -0.05) is 24.9 Å². The van der Waals surface area contributed by atoms with Gasteiger partial charge in [0.1, 0.15) is 0 Å². The van der Waals surface area contributed by atoms with Crippen LogP contribution in [0.3, 0.4) is 0 Å². The third-order valence-corrected chi connectivity index (χ3v) is 3.71. The van der Waals surface area contributed by atoms with Gasteiger partial charge >= 0.3 is 0 Å². The molecule has 2 unspecified atom stereocenters. The van der Waals surface area contributed by atoms with E-state index >= 15 is 0 Å². The molecule has 1 fully saturated rings. The van der Waals surface area contributed by atoms with Gasteiger partial charge in [-0.3, -0.25) is 4.90 Å². The normalized spacial score (nSPS) is 24.0. The molecule has 18 heavy (non-hydrogen) atoms. The van der Waals surface area contributed by atoms with Crippen molar-refractivity contribution >= 4 is 12.4 Å². The number of nitrogens with two attached hydrogens (primary N) is 1. The van der Waals surface area contributed by atoms with Crippen molar-refractivity contribution in [2.24, 2.45) is 11.7 Å². The van der Waals surface area contributed by atoms with E-state index in [-0.39, 0.29) is 12.4 Å². The maximum atomic E-state index is 5.45. The maximum absolute atomic E-state index is 5.45. The molecular formula is C12H23ClN4O. The van der Waals surface area contributed by atoms with E-state index in [1.165, 1.54) is 25.7 Å². The Morgan fingerprint density at radius 3 is 2.72 bits per heavy atom. The molecule has 2 N–H and O–H groups in total. The van der Waals surface area contributed by atoms with E-state index < -0.39 is 0 Å². The van der Waals surface area contributed by atoms with E-state index in [1.54, 1.807) is 0 Å². The smallest absolute Gasteiger partial charge is 0.240 e. The average Bonchev–Trinajstić information content (AvgIpc) is 2.77. The van der Waals surface area contributed by atoms with Crippen LogP contribution in [0.1, 0.15) is 44.3 Å². The molecule has 0 amide bonds. The molecule has 0 aliphatic heterocycles. The summed E-state index contributed by atoms with van der Waals surface area (Å²) in [4.78, 5) is 6.59. The van der Waals surface area contributed by atoms with Crippen molar-refractivity contribution in [3.05, 3.63) is 11.7 Å². The van der Waals surface area contributed by atoms with Gasteiger partial charge in [0.15, 0.2) is 5.82 Å². The number of aromatic nitrogens is 2. The zero-order valence-electron chi connectivity index (χ0n) is 11.1. The van der Waals surface area contributed by atoms with E-state index in [1.807, 2.05) is 0 Å². The van der Waals surface area contributed by atoms with Gasteiger partial charge in [-0.15, -0.1) is 12.4 Å². The van der Waals surface area contributed by atoms with E-state index in [9.17, 15) is 0 Å². The second-order valence-corrected chi connectivity index (χ2v) is 5.05. The standard InChI is InChI=1S/C12H22N4O.ClH/c1-9-5-3-4-6-10(9)16(2)8-11-14-12(7-13)17-15-11;/h9-10H,3-8,13H2,1-2H3;1H. The summed E-state index contributed by atoms with van der Waals surface area (Å²) in [5, 5.41) is 3.94. The van der Waals surface area contributed by atoms with Gasteiger partial charge in [0.2, 0.25) is 5.89 Å². The van der Waals surface area contributed by atoms with E-state index in [0.29, 0.717) is 18.5 Å². The molecule has 1 aromatic heterocycles. The Balaban J connectivity index is 0.00000162. The van der Waals surface area contributed by atoms with E-state index in [2.05, 4.69) is 29.0 Å². The van der Waals surface area contributed by atoms with Crippen LogP contribution in [0.15, 0.2) is 4.52 Å². The molecule has 0 bridgehead atoms. The molecule has 1 aliphatic rings. The van der Waals surface area contributed by atoms with Gasteiger partial charge < -0.3 is 10.3 Å². The molecule has 1 aromatic rings. The largest absolute Gasteiger partial charge is 0.338 e. The van der Waals surface area contributed by atoms with Crippen LogP contribution in [0.2, 0.25) is 0 Å². The van der Waals surface area contributed by atoms with Crippen LogP contribution in [-0.4, -0.2) is 28.1 Å². The highest BCUT2D eigenvalue weighted by molar-refractivity contribution is 5.85. The van der Waals surface area contributed by atoms with Gasteiger partial charge in [0.05, 0.1) is 13.1 Å². The van der Waals surface area contributed by atoms with Crippen LogP contribution >= 0.6 is 12.4 Å². The lowest BCUT2D eigenvalue weighted by molar-refractivity contribution is 0.129. The van der Waals surface area contributed by atoms with Crippen LogP contribution < -0.4 is 5.73 Å². The Morgan fingerprint density at radius 1 is 1.39 bits per heavy atom. The first kappa shape index (κ1) is 15.4. The quantitative estimate of drug-likeness (QED) is 0.909. The molecule has 1 aliphatic carbocycles. The Morgan fingerprint density at radius 2 is 2.11 bits per heavy atom. The van der Waals surface area contributed by atoms with Crippen LogP contribution in [0.5, 0.6) is 0 Å². The molecule has 2 atom stereocenters. The SMILES string of the molecule is CC1CCCCC1N(C)Cc1noc(CN)n1.Cl. The van der Waals surface area contributed by atoms with Crippen molar-refractivity contribution in [2.45, 2.75) is 51.7 Å². The molecule has 0 radical (unpaired) electrons. The minimum Gasteiger partial charge on any atom is -0.338 e. The second kappa shape index (κ2) is 7.07. The fraction of sp³-hybridized carbons (Fsp3) is 0.833. The molecule has 6 heteroatoms. The third kappa shape index (κ3) is 3.67. The van der Waals surface area contributed by atoms with Gasteiger partial charge in [0.25, 0.3) is 0 Å². The number of nitrogens with zero attached hydrogens (tertiary/aromatic N) is 3. The Hall–Kier alpha value is -0.650. The number of hydrogen-bond acceptors (Lipinski definition) is 5. The molecule has 0 spiro atoms. The number of hydrogen-bond donors (Lipinski definition) is 1. The highest BCUT2D eigenvalue weighted by Gasteiger charge is 2.25. The Kier molecular flexibility index (Phi) is 6.05. The topological polar surface area (TPSA) is 68.2 Å². The Bertz CT molecular complexity index is 358. The van der Waals surface area contributed by atoms with Crippen molar-refractivity contribution < 1.29 is 4.52 Å². The minimum atomic E-state index is 0. The lowest BCUT2D eigenvalue weighted by atomic mass is 9.85. The molecule has 1 heterocycles. The van der Waals surface area contributed by atoms with E-state index in [0.717, 1.165) is 18.3 Å². The summed E-state index contributed by atoms with van der Waals surface area (Å²) in [6.45, 7) is 3.40. The maximum Gasteiger partial charge on any atom is 0.240 e. The third-order valence-electron chi connectivity index (χ3n) is 3.71. The predicted molar refractivity (Wildman–Crippen MR) is 72.3 cm³/mol. The summed E-state index contributed by atoms with van der Waals surface area (Å²) in [7, 11) is 2.14. The number of halogens is 1. The monoisotopic (exact) mass is 274 g/mol. The van der Waals surface area contributed by atoms with Crippen molar-refractivity contribution in [1.82, 2.24) is 15.0 Å². The summed E-state index contributed by atoms with van der Waals surface area (Å²) in [6, 6.07) is 0.642. The van der Waals surface area contributed by atoms with Crippen LogP contribution in [0.4, 0.5) is 0 Å². The highest BCUT2D eigenvalue weighted by atomic mass is 35.5. The fourth-order valence-corrected chi connectivity index (χ4v) is 2.73. The van der Waals surface area contributed by atoms with Gasteiger partial charge in [-0.2, -0.15) is 4.98 Å². The van der Waals surface area contributed by atoms with Crippen molar-refractivity contribution in [2.75, 3.05) is 7.05 Å². The van der Waals surface area contributed by atoms with Gasteiger partial charge in [-0.05, 0) is 25.8 Å². The molecule has 5 nitrogen and oxygen atoms in total. The average molecular weight is 275 g/mol. The predicted octanol–water partition coefficient (Wildman–Crippen LogP) is 1.96. The summed E-state index contributed by atoms with van der Waals surface area (Å²) in [6.07, 6.45) is 5.30. The van der Waals surface area contributed by atoms with E-state index in [4.69, 9.17) is 10.3 Å². The zero-order chi connectivity index (χ0) is 12.3. The first-order valence-corrected chi connectivity index (χ1v) is 6.42. The molecule has 1 saturated carbocycles. The van der Waals surface area contributed by atoms with Gasteiger partial charge in [0, 0.05) is 6.04 Å². The van der Waals surface area contributed by atoms with Gasteiger partial charge in [-0.25, -0.2) is 0 Å². The lowest BCUT2D eigenvalue weighted by Crippen LogP contribution is -2.38. The second-order valence-electron chi connectivity index (χ2n) is 5.05. The first-order chi connectivity index (χ1) is 8.20. The van der Waals surface area contributed by atoms with Crippen LogP contribution in [0, 0.1) is 5.92 Å². The van der Waals surface area contributed by atoms with Crippen LogP contribution in [-0.2, 0) is 13.1 Å². The molecule has 0 saturated heterocycles. The lowest BCUT2D eigenvalue weighted by Gasteiger charge is -2.35. The summed E-state index contributed by atoms with van der Waals surface area (Å²) < 4.78 is 5.02. The van der Waals surface area contributed by atoms with Crippen molar-refractivity contribution in [3.63, 3.8) is 0 Å². The molecule has 2 rings (SSSR count). The molecular weight excluding hydrogens is 252 g/mol. The number of rotatable bonds is 4. The summed E-state index contributed by atoms with van der Waals surface area (Å²) in [5.74, 6) is 2.02.